The fourth-order valence-electron chi connectivity index (χ4n) is 1.25. The van der Waals surface area contributed by atoms with E-state index in [2.05, 4.69) is 19.2 Å². The SMILES string of the molecule is CCCOCC(=O)NC(CCCl)C(C)C. The number of alkyl halides is 1. The maximum absolute atomic E-state index is 11.4. The van der Waals surface area contributed by atoms with Crippen molar-refractivity contribution in [2.75, 3.05) is 19.1 Å². The number of halogens is 1. The summed E-state index contributed by atoms with van der Waals surface area (Å²) >= 11 is 5.67. The van der Waals surface area contributed by atoms with E-state index in [-0.39, 0.29) is 18.6 Å². The molecule has 0 heterocycles. The average Bonchev–Trinajstić information content (AvgIpc) is 2.17. The van der Waals surface area contributed by atoms with Crippen LogP contribution in [-0.4, -0.2) is 31.0 Å². The number of rotatable bonds is 8. The van der Waals surface area contributed by atoms with Crippen molar-refractivity contribution in [1.29, 1.82) is 0 Å². The Morgan fingerprint density at radius 1 is 1.47 bits per heavy atom. The van der Waals surface area contributed by atoms with Crippen molar-refractivity contribution in [2.24, 2.45) is 5.92 Å². The summed E-state index contributed by atoms with van der Waals surface area (Å²) in [5.74, 6) is 0.921. The Hall–Kier alpha value is -0.280. The monoisotopic (exact) mass is 235 g/mol. The molecular weight excluding hydrogens is 214 g/mol. The van der Waals surface area contributed by atoms with E-state index in [1.807, 2.05) is 6.92 Å². The van der Waals surface area contributed by atoms with E-state index >= 15 is 0 Å². The zero-order valence-electron chi connectivity index (χ0n) is 9.88. The van der Waals surface area contributed by atoms with Crippen LogP contribution in [0.3, 0.4) is 0 Å². The summed E-state index contributed by atoms with van der Waals surface area (Å²) in [4.78, 5) is 11.4. The minimum absolute atomic E-state index is 0.0488. The molecular formula is C11H22ClNO2. The summed E-state index contributed by atoms with van der Waals surface area (Å²) in [5, 5.41) is 2.93. The lowest BCUT2D eigenvalue weighted by molar-refractivity contribution is -0.126. The minimum atomic E-state index is -0.0488. The van der Waals surface area contributed by atoms with Gasteiger partial charge in [-0.25, -0.2) is 0 Å². The Labute approximate surface area is 97.5 Å². The summed E-state index contributed by atoms with van der Waals surface area (Å²) in [6, 6.07) is 0.153. The van der Waals surface area contributed by atoms with Crippen LogP contribution < -0.4 is 5.32 Å². The Kier molecular flexibility index (Phi) is 8.82. The van der Waals surface area contributed by atoms with Crippen molar-refractivity contribution in [1.82, 2.24) is 5.32 Å². The molecule has 90 valence electrons. The summed E-state index contributed by atoms with van der Waals surface area (Å²) in [6.07, 6.45) is 1.74. The summed E-state index contributed by atoms with van der Waals surface area (Å²) in [7, 11) is 0. The van der Waals surface area contributed by atoms with Crippen LogP contribution in [0.25, 0.3) is 0 Å². The van der Waals surface area contributed by atoms with Crippen LogP contribution in [0, 0.1) is 5.92 Å². The number of carbonyl (C=O) groups is 1. The summed E-state index contributed by atoms with van der Waals surface area (Å²) < 4.78 is 5.16. The quantitative estimate of drug-likeness (QED) is 0.517. The summed E-state index contributed by atoms with van der Waals surface area (Å²) in [6.45, 7) is 6.95. The number of nitrogens with one attached hydrogen (secondary N) is 1. The number of ether oxygens (including phenoxy) is 1. The standard InChI is InChI=1S/C11H22ClNO2/c1-4-7-15-8-11(14)13-10(5-6-12)9(2)3/h9-10H,4-8H2,1-3H3,(H,13,14). The van der Waals surface area contributed by atoms with Crippen LogP contribution in [0.1, 0.15) is 33.6 Å². The van der Waals surface area contributed by atoms with Gasteiger partial charge in [0.25, 0.3) is 0 Å². The highest BCUT2D eigenvalue weighted by atomic mass is 35.5. The lowest BCUT2D eigenvalue weighted by atomic mass is 10.0. The average molecular weight is 236 g/mol. The van der Waals surface area contributed by atoms with Crippen molar-refractivity contribution in [3.8, 4) is 0 Å². The van der Waals surface area contributed by atoms with Gasteiger partial charge in [0.15, 0.2) is 0 Å². The number of hydrogen-bond acceptors (Lipinski definition) is 2. The van der Waals surface area contributed by atoms with Crippen LogP contribution in [-0.2, 0) is 9.53 Å². The van der Waals surface area contributed by atoms with E-state index in [9.17, 15) is 4.79 Å². The van der Waals surface area contributed by atoms with Crippen molar-refractivity contribution >= 4 is 17.5 Å². The van der Waals surface area contributed by atoms with Crippen molar-refractivity contribution in [3.63, 3.8) is 0 Å². The first-order valence-electron chi connectivity index (χ1n) is 5.54. The zero-order valence-corrected chi connectivity index (χ0v) is 10.6. The molecule has 0 saturated carbocycles. The van der Waals surface area contributed by atoms with Crippen LogP contribution in [0.2, 0.25) is 0 Å². The van der Waals surface area contributed by atoms with E-state index < -0.39 is 0 Å². The second-order valence-corrected chi connectivity index (χ2v) is 4.33. The van der Waals surface area contributed by atoms with Gasteiger partial charge in [0.05, 0.1) is 0 Å². The highest BCUT2D eigenvalue weighted by molar-refractivity contribution is 6.17. The normalized spacial score (nSPS) is 12.9. The molecule has 0 aromatic carbocycles. The third kappa shape index (κ3) is 7.63. The number of carbonyl (C=O) groups excluding carboxylic acids is 1. The van der Waals surface area contributed by atoms with Crippen molar-refractivity contribution in [2.45, 2.75) is 39.7 Å². The molecule has 15 heavy (non-hydrogen) atoms. The molecule has 0 fully saturated rings. The van der Waals surface area contributed by atoms with E-state index in [4.69, 9.17) is 16.3 Å². The molecule has 3 nitrogen and oxygen atoms in total. The molecule has 0 bridgehead atoms. The van der Waals surface area contributed by atoms with Crippen LogP contribution >= 0.6 is 11.6 Å². The van der Waals surface area contributed by atoms with Gasteiger partial charge >= 0.3 is 0 Å². The molecule has 0 aliphatic carbocycles. The largest absolute Gasteiger partial charge is 0.372 e. The summed E-state index contributed by atoms with van der Waals surface area (Å²) in [5.41, 5.74) is 0. The predicted octanol–water partition coefficient (Wildman–Crippen LogP) is 2.18. The van der Waals surface area contributed by atoms with Gasteiger partial charge in [-0.2, -0.15) is 0 Å². The Balaban J connectivity index is 3.78. The smallest absolute Gasteiger partial charge is 0.246 e. The first-order chi connectivity index (χ1) is 7.11. The molecule has 1 atom stereocenters. The first-order valence-corrected chi connectivity index (χ1v) is 6.08. The topological polar surface area (TPSA) is 38.3 Å². The lowest BCUT2D eigenvalue weighted by Gasteiger charge is -2.21. The third-order valence-electron chi connectivity index (χ3n) is 2.15. The molecule has 0 aromatic heterocycles. The minimum Gasteiger partial charge on any atom is -0.372 e. The Morgan fingerprint density at radius 2 is 2.13 bits per heavy atom. The maximum Gasteiger partial charge on any atom is 0.246 e. The maximum atomic E-state index is 11.4. The highest BCUT2D eigenvalue weighted by Crippen LogP contribution is 2.06. The van der Waals surface area contributed by atoms with Gasteiger partial charge in [0.1, 0.15) is 6.61 Å². The number of hydrogen-bond donors (Lipinski definition) is 1. The fraction of sp³-hybridized carbons (Fsp3) is 0.909. The van der Waals surface area contributed by atoms with E-state index in [1.54, 1.807) is 0 Å². The third-order valence-corrected chi connectivity index (χ3v) is 2.37. The van der Waals surface area contributed by atoms with Crippen LogP contribution in [0.15, 0.2) is 0 Å². The molecule has 1 amide bonds. The second-order valence-electron chi connectivity index (χ2n) is 3.95. The number of amides is 1. The molecule has 1 N–H and O–H groups in total. The van der Waals surface area contributed by atoms with E-state index in [1.165, 1.54) is 0 Å². The zero-order chi connectivity index (χ0) is 11.7. The van der Waals surface area contributed by atoms with Crippen molar-refractivity contribution in [3.05, 3.63) is 0 Å². The molecule has 1 unspecified atom stereocenters. The first kappa shape index (κ1) is 14.7. The Morgan fingerprint density at radius 3 is 2.60 bits per heavy atom. The van der Waals surface area contributed by atoms with Gasteiger partial charge in [0, 0.05) is 18.5 Å². The van der Waals surface area contributed by atoms with Gasteiger partial charge < -0.3 is 10.1 Å². The van der Waals surface area contributed by atoms with Gasteiger partial charge in [-0.3, -0.25) is 4.79 Å². The van der Waals surface area contributed by atoms with E-state index in [0.717, 1.165) is 12.8 Å². The van der Waals surface area contributed by atoms with E-state index in [0.29, 0.717) is 18.4 Å². The van der Waals surface area contributed by atoms with Crippen molar-refractivity contribution < 1.29 is 9.53 Å². The predicted molar refractivity (Wildman–Crippen MR) is 63.2 cm³/mol. The molecule has 0 rings (SSSR count). The van der Waals surface area contributed by atoms with Gasteiger partial charge in [0.2, 0.25) is 5.91 Å². The highest BCUT2D eigenvalue weighted by Gasteiger charge is 2.15. The lowest BCUT2D eigenvalue weighted by Crippen LogP contribution is -2.40. The van der Waals surface area contributed by atoms with Crippen LogP contribution in [0.5, 0.6) is 0 Å². The molecule has 0 spiro atoms. The van der Waals surface area contributed by atoms with Crippen LogP contribution in [0.4, 0.5) is 0 Å². The van der Waals surface area contributed by atoms with Gasteiger partial charge in [-0.05, 0) is 18.8 Å². The molecule has 0 aliphatic rings. The molecule has 0 saturated heterocycles. The second kappa shape index (κ2) is 8.98. The molecule has 0 aliphatic heterocycles. The molecule has 4 heteroatoms. The fourth-order valence-corrected chi connectivity index (χ4v) is 1.48. The van der Waals surface area contributed by atoms with Gasteiger partial charge in [-0.1, -0.05) is 20.8 Å². The Bertz CT molecular complexity index is 174. The molecule has 0 aromatic rings. The van der Waals surface area contributed by atoms with Gasteiger partial charge in [-0.15, -0.1) is 11.6 Å². The molecule has 0 radical (unpaired) electrons.